The molecule has 0 amide bonds. The van der Waals surface area contributed by atoms with Gasteiger partial charge < -0.3 is 4.42 Å². The molecule has 1 aromatic heterocycles. The lowest BCUT2D eigenvalue weighted by molar-refractivity contribution is 0.453. The van der Waals surface area contributed by atoms with E-state index in [1.807, 2.05) is 6.07 Å². The van der Waals surface area contributed by atoms with E-state index in [1.165, 1.54) is 0 Å². The molecule has 0 aromatic carbocycles. The highest BCUT2D eigenvalue weighted by Gasteiger charge is 2.22. The van der Waals surface area contributed by atoms with E-state index in [0.717, 1.165) is 30.6 Å². The average molecular weight is 151 g/mol. The van der Waals surface area contributed by atoms with Crippen molar-refractivity contribution in [3.8, 4) is 0 Å². The molecule has 1 aliphatic rings. The van der Waals surface area contributed by atoms with Gasteiger partial charge in [0.2, 0.25) is 0 Å². The van der Waals surface area contributed by atoms with Gasteiger partial charge in [0.15, 0.2) is 0 Å². The molecular formula is C8H9NO2. The molecule has 2 rings (SSSR count). The van der Waals surface area contributed by atoms with Gasteiger partial charge in [-0.2, -0.15) is 4.91 Å². The maximum Gasteiger partial charge on any atom is 0.120 e. The topological polar surface area (TPSA) is 42.6 Å². The minimum Gasteiger partial charge on any atom is -0.469 e. The molecule has 3 nitrogen and oxygen atoms in total. The van der Waals surface area contributed by atoms with Gasteiger partial charge in [-0.3, -0.25) is 0 Å². The predicted octanol–water partition coefficient (Wildman–Crippen LogP) is 2.42. The van der Waals surface area contributed by atoms with Crippen LogP contribution in [0.25, 0.3) is 0 Å². The fourth-order valence-electron chi connectivity index (χ4n) is 1.57. The average Bonchev–Trinajstić information content (AvgIpc) is 2.50. The zero-order chi connectivity index (χ0) is 7.68. The van der Waals surface area contributed by atoms with Crippen molar-refractivity contribution in [2.24, 2.45) is 5.18 Å². The zero-order valence-corrected chi connectivity index (χ0v) is 6.12. The van der Waals surface area contributed by atoms with E-state index < -0.39 is 0 Å². The highest BCUT2D eigenvalue weighted by atomic mass is 16.3. The number of nitrogens with zero attached hydrogens (tertiary/aromatic N) is 1. The molecule has 0 radical (unpaired) electrons. The van der Waals surface area contributed by atoms with Crippen LogP contribution in [0, 0.1) is 4.91 Å². The minimum absolute atomic E-state index is 0.155. The molecule has 58 valence electrons. The van der Waals surface area contributed by atoms with Crippen molar-refractivity contribution in [3.05, 3.63) is 28.6 Å². The summed E-state index contributed by atoms with van der Waals surface area (Å²) in [7, 11) is 0. The summed E-state index contributed by atoms with van der Waals surface area (Å²) in [6.45, 7) is 0. The molecule has 11 heavy (non-hydrogen) atoms. The highest BCUT2D eigenvalue weighted by molar-refractivity contribution is 5.23. The Balaban J connectivity index is 2.39. The Morgan fingerprint density at radius 1 is 1.64 bits per heavy atom. The Hall–Kier alpha value is -1.12. The molecule has 0 spiro atoms. The minimum atomic E-state index is -0.155. The van der Waals surface area contributed by atoms with Gasteiger partial charge in [-0.05, 0) is 18.9 Å². The first-order valence-corrected chi connectivity index (χ1v) is 3.80. The Bertz CT molecular complexity index is 267. The van der Waals surface area contributed by atoms with E-state index >= 15 is 0 Å². The van der Waals surface area contributed by atoms with Crippen LogP contribution in [0.1, 0.15) is 30.2 Å². The van der Waals surface area contributed by atoms with Crippen LogP contribution in [0.4, 0.5) is 0 Å². The third-order valence-electron chi connectivity index (χ3n) is 2.15. The summed E-state index contributed by atoms with van der Waals surface area (Å²) in [5, 5.41) is 3.05. The molecule has 1 aromatic rings. The van der Waals surface area contributed by atoms with Crippen LogP contribution in [-0.2, 0) is 6.42 Å². The summed E-state index contributed by atoms with van der Waals surface area (Å²) in [4.78, 5) is 10.3. The molecule has 0 fully saturated rings. The monoisotopic (exact) mass is 151 g/mol. The van der Waals surface area contributed by atoms with Gasteiger partial charge in [-0.15, -0.1) is 0 Å². The first-order valence-electron chi connectivity index (χ1n) is 3.80. The van der Waals surface area contributed by atoms with Crippen LogP contribution < -0.4 is 0 Å². The van der Waals surface area contributed by atoms with Crippen LogP contribution in [0.2, 0.25) is 0 Å². The Morgan fingerprint density at radius 3 is 3.36 bits per heavy atom. The first kappa shape index (κ1) is 6.58. The number of hydrogen-bond donors (Lipinski definition) is 0. The summed E-state index contributed by atoms with van der Waals surface area (Å²) in [5.74, 6) is 0.945. The van der Waals surface area contributed by atoms with E-state index in [2.05, 4.69) is 5.18 Å². The van der Waals surface area contributed by atoms with E-state index in [9.17, 15) is 4.91 Å². The number of furan rings is 1. The Kier molecular flexibility index (Phi) is 1.49. The van der Waals surface area contributed by atoms with E-state index in [-0.39, 0.29) is 6.04 Å². The zero-order valence-electron chi connectivity index (χ0n) is 6.12. The van der Waals surface area contributed by atoms with E-state index in [0.29, 0.717) is 0 Å². The summed E-state index contributed by atoms with van der Waals surface area (Å²) in [6.07, 6.45) is 4.47. The number of fused-ring (bicyclic) bond motifs is 1. The number of aryl methyl sites for hydroxylation is 1. The molecule has 0 saturated heterocycles. The molecule has 1 unspecified atom stereocenters. The second-order valence-electron chi connectivity index (χ2n) is 2.81. The lowest BCUT2D eigenvalue weighted by atomic mass is 9.94. The third-order valence-corrected chi connectivity index (χ3v) is 2.15. The Labute approximate surface area is 64.4 Å². The molecule has 3 heteroatoms. The standard InChI is InChI=1S/C8H9NO2/c10-9-7-2-1-3-8-6(7)4-5-11-8/h4-5,7H,1-3H2. The van der Waals surface area contributed by atoms with Crippen molar-refractivity contribution >= 4 is 0 Å². The summed E-state index contributed by atoms with van der Waals surface area (Å²) >= 11 is 0. The summed E-state index contributed by atoms with van der Waals surface area (Å²) in [6, 6.07) is 1.69. The second-order valence-corrected chi connectivity index (χ2v) is 2.81. The van der Waals surface area contributed by atoms with Gasteiger partial charge in [0.25, 0.3) is 0 Å². The van der Waals surface area contributed by atoms with Gasteiger partial charge in [0.1, 0.15) is 11.8 Å². The molecular weight excluding hydrogens is 142 g/mol. The normalized spacial score (nSPS) is 22.7. The van der Waals surface area contributed by atoms with Crippen LogP contribution >= 0.6 is 0 Å². The second kappa shape index (κ2) is 2.49. The lowest BCUT2D eigenvalue weighted by Crippen LogP contribution is -2.04. The Morgan fingerprint density at radius 2 is 2.55 bits per heavy atom. The van der Waals surface area contributed by atoms with Crippen molar-refractivity contribution < 1.29 is 4.42 Å². The third kappa shape index (κ3) is 0.964. The predicted molar refractivity (Wildman–Crippen MR) is 40.2 cm³/mol. The van der Waals surface area contributed by atoms with Crippen LogP contribution in [-0.4, -0.2) is 0 Å². The van der Waals surface area contributed by atoms with E-state index in [1.54, 1.807) is 6.26 Å². The van der Waals surface area contributed by atoms with Gasteiger partial charge >= 0.3 is 0 Å². The van der Waals surface area contributed by atoms with Gasteiger partial charge in [-0.1, -0.05) is 5.18 Å². The fourth-order valence-corrected chi connectivity index (χ4v) is 1.57. The fraction of sp³-hybridized carbons (Fsp3) is 0.500. The SMILES string of the molecule is O=NC1CCCc2occc21. The summed E-state index contributed by atoms with van der Waals surface area (Å²) in [5.41, 5.74) is 0.992. The molecule has 0 saturated carbocycles. The van der Waals surface area contributed by atoms with Gasteiger partial charge in [-0.25, -0.2) is 0 Å². The lowest BCUT2D eigenvalue weighted by Gasteiger charge is -2.13. The number of hydrogen-bond acceptors (Lipinski definition) is 3. The highest BCUT2D eigenvalue weighted by Crippen LogP contribution is 2.32. The molecule has 0 bridgehead atoms. The van der Waals surface area contributed by atoms with Crippen molar-refractivity contribution in [1.29, 1.82) is 0 Å². The van der Waals surface area contributed by atoms with Crippen LogP contribution in [0.3, 0.4) is 0 Å². The summed E-state index contributed by atoms with van der Waals surface area (Å²) < 4.78 is 5.19. The molecule has 1 aliphatic carbocycles. The molecule has 1 heterocycles. The molecule has 0 N–H and O–H groups in total. The van der Waals surface area contributed by atoms with E-state index in [4.69, 9.17) is 4.42 Å². The largest absolute Gasteiger partial charge is 0.469 e. The number of nitroso groups, excluding NO2 is 1. The van der Waals surface area contributed by atoms with Crippen molar-refractivity contribution in [2.75, 3.05) is 0 Å². The van der Waals surface area contributed by atoms with Crippen molar-refractivity contribution in [1.82, 2.24) is 0 Å². The molecule has 1 atom stereocenters. The maximum absolute atomic E-state index is 10.3. The van der Waals surface area contributed by atoms with Gasteiger partial charge in [0.05, 0.1) is 6.26 Å². The quantitative estimate of drug-likeness (QED) is 0.578. The van der Waals surface area contributed by atoms with Crippen LogP contribution in [0.15, 0.2) is 21.9 Å². The van der Waals surface area contributed by atoms with Crippen molar-refractivity contribution in [3.63, 3.8) is 0 Å². The molecule has 0 aliphatic heterocycles. The smallest absolute Gasteiger partial charge is 0.120 e. The van der Waals surface area contributed by atoms with Crippen molar-refractivity contribution in [2.45, 2.75) is 25.3 Å². The van der Waals surface area contributed by atoms with Gasteiger partial charge in [0, 0.05) is 12.0 Å². The van der Waals surface area contributed by atoms with Crippen LogP contribution in [0.5, 0.6) is 0 Å². The number of rotatable bonds is 1. The maximum atomic E-state index is 10.3. The first-order chi connectivity index (χ1) is 5.42.